The fraction of sp³-hybridized carbons (Fsp3) is 0.500. The number of fused-ring (bicyclic) bond motifs is 1. The molecule has 1 unspecified atom stereocenters. The van der Waals surface area contributed by atoms with Crippen LogP contribution in [0.15, 0.2) is 54.6 Å². The van der Waals surface area contributed by atoms with Gasteiger partial charge < -0.3 is 9.80 Å². The Morgan fingerprint density at radius 2 is 1.52 bits per heavy atom. The van der Waals surface area contributed by atoms with Gasteiger partial charge in [-0.25, -0.2) is 0 Å². The summed E-state index contributed by atoms with van der Waals surface area (Å²) in [7, 11) is 0. The number of benzene rings is 2. The first kappa shape index (κ1) is 23.5. The molecule has 0 bridgehead atoms. The highest BCUT2D eigenvalue weighted by molar-refractivity contribution is 5.96. The third kappa shape index (κ3) is 5.83. The smallest absolute Gasteiger partial charge is 0.241 e. The van der Waals surface area contributed by atoms with Gasteiger partial charge in [0.15, 0.2) is 0 Å². The second kappa shape index (κ2) is 10.1. The lowest BCUT2D eigenvalue weighted by atomic mass is 9.87. The van der Waals surface area contributed by atoms with E-state index in [4.69, 9.17) is 0 Å². The average Bonchev–Trinajstić information content (AvgIpc) is 2.99. The lowest BCUT2D eigenvalue weighted by Gasteiger charge is -2.36. The highest BCUT2D eigenvalue weighted by atomic mass is 16.2. The molecule has 5 heteroatoms. The van der Waals surface area contributed by atoms with Crippen LogP contribution >= 0.6 is 0 Å². The minimum absolute atomic E-state index is 0.00194. The topological polar surface area (TPSA) is 43.9 Å². The van der Waals surface area contributed by atoms with Gasteiger partial charge >= 0.3 is 0 Å². The van der Waals surface area contributed by atoms with Crippen molar-refractivity contribution < 1.29 is 9.59 Å². The van der Waals surface area contributed by atoms with Gasteiger partial charge in [-0.3, -0.25) is 14.5 Å². The standard InChI is InChI=1S/C28H37N3O2/c1-28(2,3)20-26(32)30-18-16-29(17-19-30)21-27(33)31-15-9-13-23(22-10-5-4-6-11-22)24-12-7-8-14-25(24)31/h4-8,10-12,14,23H,9,13,15-21H2,1-3H3. The third-order valence-corrected chi connectivity index (χ3v) is 6.75. The molecule has 176 valence electrons. The van der Waals surface area contributed by atoms with Crippen LogP contribution < -0.4 is 4.90 Å². The number of anilines is 1. The fourth-order valence-electron chi connectivity index (χ4n) is 5.05. The van der Waals surface area contributed by atoms with Crippen LogP contribution in [0.4, 0.5) is 5.69 Å². The molecule has 2 aromatic carbocycles. The Balaban J connectivity index is 1.42. The van der Waals surface area contributed by atoms with E-state index in [1.54, 1.807) is 0 Å². The molecule has 2 aliphatic heterocycles. The maximum absolute atomic E-state index is 13.4. The van der Waals surface area contributed by atoms with E-state index in [1.807, 2.05) is 15.9 Å². The molecule has 0 radical (unpaired) electrons. The first-order valence-corrected chi connectivity index (χ1v) is 12.3. The van der Waals surface area contributed by atoms with Crippen LogP contribution in [-0.4, -0.2) is 60.9 Å². The number of hydrogen-bond donors (Lipinski definition) is 0. The van der Waals surface area contributed by atoms with Crippen molar-refractivity contribution in [2.24, 2.45) is 5.41 Å². The fourth-order valence-corrected chi connectivity index (χ4v) is 5.05. The van der Waals surface area contributed by atoms with Crippen LogP contribution in [0.1, 0.15) is 57.1 Å². The summed E-state index contributed by atoms with van der Waals surface area (Å²) in [6.07, 6.45) is 2.59. The van der Waals surface area contributed by atoms with Crippen molar-refractivity contribution in [2.45, 2.75) is 46.0 Å². The van der Waals surface area contributed by atoms with Crippen LogP contribution in [-0.2, 0) is 9.59 Å². The number of hydrogen-bond acceptors (Lipinski definition) is 3. The maximum atomic E-state index is 13.4. The SMILES string of the molecule is CC(C)(C)CC(=O)N1CCN(CC(=O)N2CCCC(c3ccccc3)c3ccccc32)CC1. The Morgan fingerprint density at radius 1 is 0.848 bits per heavy atom. The van der Waals surface area contributed by atoms with E-state index in [9.17, 15) is 9.59 Å². The van der Waals surface area contributed by atoms with Crippen LogP contribution in [0, 0.1) is 5.41 Å². The molecule has 1 fully saturated rings. The molecular formula is C28H37N3O2. The van der Waals surface area contributed by atoms with Crippen molar-refractivity contribution in [1.82, 2.24) is 9.80 Å². The van der Waals surface area contributed by atoms with Crippen LogP contribution in [0.2, 0.25) is 0 Å². The molecule has 0 spiro atoms. The van der Waals surface area contributed by atoms with Crippen LogP contribution in [0.5, 0.6) is 0 Å². The molecule has 4 rings (SSSR count). The van der Waals surface area contributed by atoms with Gasteiger partial charge in [-0.15, -0.1) is 0 Å². The second-order valence-electron chi connectivity index (χ2n) is 10.6. The van der Waals surface area contributed by atoms with E-state index >= 15 is 0 Å². The van der Waals surface area contributed by atoms with Crippen LogP contribution in [0.25, 0.3) is 0 Å². The van der Waals surface area contributed by atoms with E-state index in [2.05, 4.69) is 74.2 Å². The van der Waals surface area contributed by atoms with Crippen molar-refractivity contribution in [1.29, 1.82) is 0 Å². The molecule has 2 aliphatic rings. The number of carbonyl (C=O) groups is 2. The number of nitrogens with zero attached hydrogens (tertiary/aromatic N) is 3. The Morgan fingerprint density at radius 3 is 2.21 bits per heavy atom. The molecule has 2 aromatic rings. The highest BCUT2D eigenvalue weighted by Gasteiger charge is 2.30. The molecule has 5 nitrogen and oxygen atoms in total. The Labute approximate surface area is 198 Å². The summed E-state index contributed by atoms with van der Waals surface area (Å²) in [5.41, 5.74) is 3.61. The molecule has 0 aromatic heterocycles. The lowest BCUT2D eigenvalue weighted by molar-refractivity contribution is -0.135. The average molecular weight is 448 g/mol. The molecule has 0 aliphatic carbocycles. The molecule has 0 saturated carbocycles. The van der Waals surface area contributed by atoms with Crippen molar-refractivity contribution in [3.8, 4) is 0 Å². The number of piperazine rings is 1. The number of para-hydroxylation sites is 1. The van der Waals surface area contributed by atoms with Gasteiger partial charge in [0.25, 0.3) is 0 Å². The van der Waals surface area contributed by atoms with Gasteiger partial charge in [-0.05, 0) is 35.4 Å². The lowest BCUT2D eigenvalue weighted by Crippen LogP contribution is -2.52. The molecule has 2 amide bonds. The van der Waals surface area contributed by atoms with Gasteiger partial charge in [0, 0.05) is 50.7 Å². The Bertz CT molecular complexity index is 959. The number of rotatable bonds is 4. The monoisotopic (exact) mass is 447 g/mol. The predicted molar refractivity (Wildman–Crippen MR) is 133 cm³/mol. The summed E-state index contributed by atoms with van der Waals surface area (Å²) in [5.74, 6) is 0.699. The van der Waals surface area contributed by atoms with Crippen molar-refractivity contribution in [3.63, 3.8) is 0 Å². The zero-order valence-electron chi connectivity index (χ0n) is 20.3. The summed E-state index contributed by atoms with van der Waals surface area (Å²) in [5, 5.41) is 0. The Hall–Kier alpha value is -2.66. The minimum Gasteiger partial charge on any atom is -0.340 e. The molecular weight excluding hydrogens is 410 g/mol. The number of carbonyl (C=O) groups excluding carboxylic acids is 2. The van der Waals surface area contributed by atoms with Gasteiger partial charge in [0.05, 0.1) is 6.54 Å². The first-order chi connectivity index (χ1) is 15.8. The van der Waals surface area contributed by atoms with Gasteiger partial charge in [-0.2, -0.15) is 0 Å². The molecule has 1 saturated heterocycles. The normalized spacial score (nSPS) is 19.7. The van der Waals surface area contributed by atoms with Crippen molar-refractivity contribution in [2.75, 3.05) is 44.2 Å². The summed E-state index contributed by atoms with van der Waals surface area (Å²) >= 11 is 0. The van der Waals surface area contributed by atoms with E-state index in [1.165, 1.54) is 11.1 Å². The largest absolute Gasteiger partial charge is 0.340 e. The van der Waals surface area contributed by atoms with Gasteiger partial charge in [0.1, 0.15) is 0 Å². The van der Waals surface area contributed by atoms with E-state index in [0.29, 0.717) is 32.0 Å². The quantitative estimate of drug-likeness (QED) is 0.692. The van der Waals surface area contributed by atoms with Gasteiger partial charge in [0.2, 0.25) is 11.8 Å². The molecule has 2 heterocycles. The second-order valence-corrected chi connectivity index (χ2v) is 10.6. The zero-order chi connectivity index (χ0) is 23.4. The minimum atomic E-state index is 0.00194. The van der Waals surface area contributed by atoms with Crippen molar-refractivity contribution in [3.05, 3.63) is 65.7 Å². The maximum Gasteiger partial charge on any atom is 0.241 e. The number of amides is 2. The molecule has 33 heavy (non-hydrogen) atoms. The molecule has 1 atom stereocenters. The zero-order valence-corrected chi connectivity index (χ0v) is 20.3. The summed E-state index contributed by atoms with van der Waals surface area (Å²) < 4.78 is 0. The van der Waals surface area contributed by atoms with Crippen LogP contribution in [0.3, 0.4) is 0 Å². The molecule has 0 N–H and O–H groups in total. The van der Waals surface area contributed by atoms with E-state index < -0.39 is 0 Å². The Kier molecular flexibility index (Phi) is 7.18. The first-order valence-electron chi connectivity index (χ1n) is 12.3. The summed E-state index contributed by atoms with van der Waals surface area (Å²) in [4.78, 5) is 32.1. The summed E-state index contributed by atoms with van der Waals surface area (Å²) in [6, 6.07) is 19.0. The van der Waals surface area contributed by atoms with Gasteiger partial charge in [-0.1, -0.05) is 69.3 Å². The predicted octanol–water partition coefficient (Wildman–Crippen LogP) is 4.53. The summed E-state index contributed by atoms with van der Waals surface area (Å²) in [6.45, 7) is 10.4. The van der Waals surface area contributed by atoms with Crippen molar-refractivity contribution >= 4 is 17.5 Å². The third-order valence-electron chi connectivity index (χ3n) is 6.75. The highest BCUT2D eigenvalue weighted by Crippen LogP contribution is 2.38. The van der Waals surface area contributed by atoms with E-state index in [-0.39, 0.29) is 17.2 Å². The van der Waals surface area contributed by atoms with E-state index in [0.717, 1.165) is 38.2 Å².